The maximum Gasteiger partial charge on any atom is 0.220 e. The van der Waals surface area contributed by atoms with E-state index in [2.05, 4.69) is 52.8 Å². The van der Waals surface area contributed by atoms with E-state index in [0.717, 1.165) is 39.0 Å². The van der Waals surface area contributed by atoms with Gasteiger partial charge in [-0.2, -0.15) is 0 Å². The molecule has 23 heavy (non-hydrogen) atoms. The van der Waals surface area contributed by atoms with Gasteiger partial charge in [0, 0.05) is 31.6 Å². The van der Waals surface area contributed by atoms with Gasteiger partial charge in [0.2, 0.25) is 5.91 Å². The Morgan fingerprint density at radius 1 is 1.35 bits per heavy atom. The number of nitrogens with zero attached hydrogens (tertiary/aromatic N) is 1. The highest BCUT2D eigenvalue weighted by Gasteiger charge is 2.27. The normalized spacial score (nSPS) is 26.3. The number of amides is 1. The van der Waals surface area contributed by atoms with E-state index in [-0.39, 0.29) is 5.91 Å². The van der Waals surface area contributed by atoms with Crippen molar-refractivity contribution in [3.05, 3.63) is 35.9 Å². The summed E-state index contributed by atoms with van der Waals surface area (Å²) < 4.78 is 0. The van der Waals surface area contributed by atoms with Crippen molar-refractivity contribution in [1.82, 2.24) is 15.5 Å². The zero-order valence-electron chi connectivity index (χ0n) is 14.1. The summed E-state index contributed by atoms with van der Waals surface area (Å²) in [6.07, 6.45) is 3.99. The monoisotopic (exact) mass is 315 g/mol. The number of carbonyl (C=O) groups excluding carboxylic acids is 1. The molecule has 1 amide bonds. The predicted molar refractivity (Wildman–Crippen MR) is 93.2 cm³/mol. The number of rotatable bonds is 6. The minimum Gasteiger partial charge on any atom is -0.352 e. The molecule has 3 atom stereocenters. The third-order valence-electron chi connectivity index (χ3n) is 5.36. The van der Waals surface area contributed by atoms with E-state index in [0.29, 0.717) is 24.4 Å². The van der Waals surface area contributed by atoms with Gasteiger partial charge in [-0.1, -0.05) is 30.3 Å². The predicted octanol–water partition coefficient (Wildman–Crippen LogP) is 2.33. The Morgan fingerprint density at radius 2 is 2.17 bits per heavy atom. The van der Waals surface area contributed by atoms with Crippen LogP contribution in [0.4, 0.5) is 0 Å². The fourth-order valence-corrected chi connectivity index (χ4v) is 3.80. The second-order valence-electron chi connectivity index (χ2n) is 7.03. The number of hydrogen-bond acceptors (Lipinski definition) is 3. The third-order valence-corrected chi connectivity index (χ3v) is 5.36. The minimum absolute atomic E-state index is 0.233. The second-order valence-corrected chi connectivity index (χ2v) is 7.03. The van der Waals surface area contributed by atoms with Crippen molar-refractivity contribution >= 4 is 5.91 Å². The van der Waals surface area contributed by atoms with Crippen molar-refractivity contribution in [3.63, 3.8) is 0 Å². The highest BCUT2D eigenvalue weighted by Crippen LogP contribution is 2.24. The second kappa shape index (κ2) is 7.93. The van der Waals surface area contributed by atoms with Gasteiger partial charge >= 0.3 is 0 Å². The van der Waals surface area contributed by atoms with Gasteiger partial charge in [-0.15, -0.1) is 0 Å². The summed E-state index contributed by atoms with van der Waals surface area (Å²) in [6, 6.07) is 11.4. The van der Waals surface area contributed by atoms with Crippen molar-refractivity contribution in [2.45, 2.75) is 44.7 Å². The first-order valence-electron chi connectivity index (χ1n) is 9.01. The molecule has 2 fully saturated rings. The topological polar surface area (TPSA) is 44.4 Å². The van der Waals surface area contributed by atoms with Crippen LogP contribution >= 0.6 is 0 Å². The highest BCUT2D eigenvalue weighted by molar-refractivity contribution is 5.76. The summed E-state index contributed by atoms with van der Waals surface area (Å²) in [5.41, 5.74) is 1.35. The average Bonchev–Trinajstić information content (AvgIpc) is 3.25. The molecular weight excluding hydrogens is 286 g/mol. The van der Waals surface area contributed by atoms with Gasteiger partial charge in [-0.05, 0) is 50.8 Å². The molecule has 2 saturated heterocycles. The largest absolute Gasteiger partial charge is 0.352 e. The van der Waals surface area contributed by atoms with Crippen LogP contribution in [0.2, 0.25) is 0 Å². The fourth-order valence-electron chi connectivity index (χ4n) is 3.80. The number of carbonyl (C=O) groups is 1. The molecule has 0 spiro atoms. The van der Waals surface area contributed by atoms with Crippen LogP contribution in [-0.4, -0.2) is 43.0 Å². The summed E-state index contributed by atoms with van der Waals surface area (Å²) in [7, 11) is 0. The molecule has 2 heterocycles. The first-order chi connectivity index (χ1) is 11.2. The van der Waals surface area contributed by atoms with Crippen molar-refractivity contribution in [1.29, 1.82) is 0 Å². The lowest BCUT2D eigenvalue weighted by molar-refractivity contribution is -0.122. The van der Waals surface area contributed by atoms with Crippen LogP contribution in [0.1, 0.15) is 44.2 Å². The van der Waals surface area contributed by atoms with Crippen molar-refractivity contribution in [3.8, 4) is 0 Å². The molecule has 0 bridgehead atoms. The van der Waals surface area contributed by atoms with Gasteiger partial charge in [-0.25, -0.2) is 0 Å². The van der Waals surface area contributed by atoms with Crippen LogP contribution < -0.4 is 10.6 Å². The van der Waals surface area contributed by atoms with Gasteiger partial charge in [0.05, 0.1) is 0 Å². The lowest BCUT2D eigenvalue weighted by Gasteiger charge is -2.24. The average molecular weight is 315 g/mol. The summed E-state index contributed by atoms with van der Waals surface area (Å²) in [5.74, 6) is 0.926. The first kappa shape index (κ1) is 16.5. The SMILES string of the molecule is CC(c1ccccc1)N1CCC(NC(=O)CCC2CCNC2)C1. The lowest BCUT2D eigenvalue weighted by Crippen LogP contribution is -2.37. The highest BCUT2D eigenvalue weighted by atomic mass is 16.1. The van der Waals surface area contributed by atoms with Crippen molar-refractivity contribution < 1.29 is 4.79 Å². The molecular formula is C19H29N3O. The molecule has 3 unspecified atom stereocenters. The molecule has 3 rings (SSSR count). The molecule has 1 aromatic carbocycles. The summed E-state index contributed by atoms with van der Waals surface area (Å²) in [6.45, 7) is 6.48. The summed E-state index contributed by atoms with van der Waals surface area (Å²) in [5, 5.41) is 6.60. The Hall–Kier alpha value is -1.39. The smallest absolute Gasteiger partial charge is 0.220 e. The van der Waals surface area contributed by atoms with Crippen molar-refractivity contribution in [2.75, 3.05) is 26.2 Å². The molecule has 0 aromatic heterocycles. The Morgan fingerprint density at radius 3 is 2.91 bits per heavy atom. The molecule has 4 nitrogen and oxygen atoms in total. The zero-order valence-corrected chi connectivity index (χ0v) is 14.1. The standard InChI is InChI=1S/C19H29N3O/c1-15(17-5-3-2-4-6-17)22-12-10-18(14-22)21-19(23)8-7-16-9-11-20-13-16/h2-6,15-16,18,20H,7-14H2,1H3,(H,21,23). The molecule has 4 heteroatoms. The molecule has 126 valence electrons. The Kier molecular flexibility index (Phi) is 5.68. The minimum atomic E-state index is 0.233. The molecule has 0 radical (unpaired) electrons. The van der Waals surface area contributed by atoms with Crippen LogP contribution in [0.25, 0.3) is 0 Å². The van der Waals surface area contributed by atoms with Crippen LogP contribution in [0.5, 0.6) is 0 Å². The lowest BCUT2D eigenvalue weighted by atomic mass is 10.0. The fraction of sp³-hybridized carbons (Fsp3) is 0.632. The number of likely N-dealkylation sites (tertiary alicyclic amines) is 1. The molecule has 2 aliphatic heterocycles. The van der Waals surface area contributed by atoms with Crippen LogP contribution in [-0.2, 0) is 4.79 Å². The number of nitrogens with one attached hydrogen (secondary N) is 2. The van der Waals surface area contributed by atoms with E-state index in [1.807, 2.05) is 0 Å². The van der Waals surface area contributed by atoms with Crippen LogP contribution in [0.15, 0.2) is 30.3 Å². The van der Waals surface area contributed by atoms with Gasteiger partial charge in [0.25, 0.3) is 0 Å². The molecule has 2 aliphatic rings. The Bertz CT molecular complexity index is 499. The maximum atomic E-state index is 12.2. The molecule has 1 aromatic rings. The third kappa shape index (κ3) is 4.55. The Labute approximate surface area is 139 Å². The maximum absolute atomic E-state index is 12.2. The number of hydrogen-bond donors (Lipinski definition) is 2. The first-order valence-corrected chi connectivity index (χ1v) is 9.01. The van der Waals surface area contributed by atoms with Gasteiger partial charge in [0.15, 0.2) is 0 Å². The molecule has 0 aliphatic carbocycles. The van der Waals surface area contributed by atoms with Crippen LogP contribution in [0.3, 0.4) is 0 Å². The van der Waals surface area contributed by atoms with E-state index >= 15 is 0 Å². The van der Waals surface area contributed by atoms with E-state index in [4.69, 9.17) is 0 Å². The van der Waals surface area contributed by atoms with E-state index < -0.39 is 0 Å². The van der Waals surface area contributed by atoms with Gasteiger partial charge < -0.3 is 10.6 Å². The zero-order chi connectivity index (χ0) is 16.1. The summed E-state index contributed by atoms with van der Waals surface area (Å²) >= 11 is 0. The van der Waals surface area contributed by atoms with Crippen LogP contribution in [0, 0.1) is 5.92 Å². The molecule has 0 saturated carbocycles. The van der Waals surface area contributed by atoms with Crippen molar-refractivity contribution in [2.24, 2.45) is 5.92 Å². The van der Waals surface area contributed by atoms with Gasteiger partial charge in [-0.3, -0.25) is 9.69 Å². The Balaban J connectivity index is 1.41. The van der Waals surface area contributed by atoms with E-state index in [1.54, 1.807) is 0 Å². The van der Waals surface area contributed by atoms with Gasteiger partial charge in [0.1, 0.15) is 0 Å². The van der Waals surface area contributed by atoms with E-state index in [1.165, 1.54) is 12.0 Å². The molecule has 2 N–H and O–H groups in total. The quantitative estimate of drug-likeness (QED) is 0.847. The summed E-state index contributed by atoms with van der Waals surface area (Å²) in [4.78, 5) is 14.6. The number of benzene rings is 1. The van der Waals surface area contributed by atoms with E-state index in [9.17, 15) is 4.79 Å².